The van der Waals surface area contributed by atoms with Gasteiger partial charge < -0.3 is 10.2 Å². The van der Waals surface area contributed by atoms with E-state index in [0.717, 1.165) is 42.3 Å². The molecule has 0 saturated carbocycles. The van der Waals surface area contributed by atoms with Crippen molar-refractivity contribution in [2.75, 3.05) is 13.6 Å². The SMILES string of the molecule is CCCC1(C(=O)N(C)Cc2ccc(Br)cc2)CCCN1. The standard InChI is InChI=1S/C16H23BrN2O/c1-3-9-16(10-4-11-18-16)15(20)19(2)12-13-5-7-14(17)8-6-13/h5-8,18H,3-4,9-12H2,1-2H3. The summed E-state index contributed by atoms with van der Waals surface area (Å²) in [5.74, 6) is 0.236. The van der Waals surface area contributed by atoms with Crippen LogP contribution in [-0.4, -0.2) is 29.9 Å². The maximum Gasteiger partial charge on any atom is 0.242 e. The topological polar surface area (TPSA) is 32.3 Å². The van der Waals surface area contributed by atoms with Gasteiger partial charge >= 0.3 is 0 Å². The highest BCUT2D eigenvalue weighted by Gasteiger charge is 2.41. The van der Waals surface area contributed by atoms with Crippen molar-refractivity contribution in [3.05, 3.63) is 34.3 Å². The van der Waals surface area contributed by atoms with Crippen LogP contribution in [-0.2, 0) is 11.3 Å². The Kier molecular flexibility index (Phi) is 5.22. The molecule has 1 N–H and O–H groups in total. The molecule has 2 rings (SSSR count). The second kappa shape index (κ2) is 6.72. The molecule has 1 aliphatic rings. The van der Waals surface area contributed by atoms with Crippen LogP contribution in [0, 0.1) is 0 Å². The lowest BCUT2D eigenvalue weighted by atomic mass is 9.90. The van der Waals surface area contributed by atoms with Crippen LogP contribution in [0.4, 0.5) is 0 Å². The molecule has 1 fully saturated rings. The molecule has 1 heterocycles. The number of likely N-dealkylation sites (N-methyl/N-ethyl adjacent to an activating group) is 1. The van der Waals surface area contributed by atoms with Crippen LogP contribution in [0.5, 0.6) is 0 Å². The largest absolute Gasteiger partial charge is 0.340 e. The Morgan fingerprint density at radius 1 is 1.40 bits per heavy atom. The summed E-state index contributed by atoms with van der Waals surface area (Å²) in [4.78, 5) is 14.6. The van der Waals surface area contributed by atoms with Crippen molar-refractivity contribution >= 4 is 21.8 Å². The molecule has 110 valence electrons. The Labute approximate surface area is 129 Å². The predicted octanol–water partition coefficient (Wildman–Crippen LogP) is 3.33. The summed E-state index contributed by atoms with van der Waals surface area (Å²) < 4.78 is 1.06. The number of carbonyl (C=O) groups excluding carboxylic acids is 1. The first kappa shape index (κ1) is 15.5. The third-order valence-electron chi connectivity index (χ3n) is 4.01. The van der Waals surface area contributed by atoms with Gasteiger partial charge in [-0.2, -0.15) is 0 Å². The number of benzene rings is 1. The highest BCUT2D eigenvalue weighted by molar-refractivity contribution is 9.10. The third kappa shape index (κ3) is 3.41. The zero-order valence-electron chi connectivity index (χ0n) is 12.3. The molecular formula is C16H23BrN2O. The summed E-state index contributed by atoms with van der Waals surface area (Å²) in [6.07, 6.45) is 4.02. The maximum absolute atomic E-state index is 12.8. The first-order valence-corrected chi connectivity index (χ1v) is 8.12. The molecule has 1 aromatic carbocycles. The fraction of sp³-hybridized carbons (Fsp3) is 0.562. The average molecular weight is 339 g/mol. The lowest BCUT2D eigenvalue weighted by molar-refractivity contribution is -0.137. The molecule has 0 radical (unpaired) electrons. The number of nitrogens with one attached hydrogen (secondary N) is 1. The molecule has 0 spiro atoms. The molecule has 1 amide bonds. The Morgan fingerprint density at radius 3 is 2.65 bits per heavy atom. The molecule has 1 aliphatic heterocycles. The minimum atomic E-state index is -0.321. The maximum atomic E-state index is 12.8. The van der Waals surface area contributed by atoms with Crippen molar-refractivity contribution in [2.24, 2.45) is 0 Å². The fourth-order valence-electron chi connectivity index (χ4n) is 3.04. The van der Waals surface area contributed by atoms with Crippen LogP contribution < -0.4 is 5.32 Å². The summed E-state index contributed by atoms with van der Waals surface area (Å²) in [5, 5.41) is 3.45. The van der Waals surface area contributed by atoms with Gasteiger partial charge in [0.2, 0.25) is 5.91 Å². The van der Waals surface area contributed by atoms with Crippen molar-refractivity contribution < 1.29 is 4.79 Å². The molecule has 4 heteroatoms. The van der Waals surface area contributed by atoms with Crippen molar-refractivity contribution in [2.45, 2.75) is 44.7 Å². The molecule has 1 unspecified atom stereocenters. The van der Waals surface area contributed by atoms with E-state index in [9.17, 15) is 4.79 Å². The number of halogens is 1. The van der Waals surface area contributed by atoms with E-state index in [1.807, 2.05) is 24.1 Å². The molecule has 20 heavy (non-hydrogen) atoms. The summed E-state index contributed by atoms with van der Waals surface area (Å²) in [6.45, 7) is 3.76. The molecule has 1 aromatic rings. The highest BCUT2D eigenvalue weighted by atomic mass is 79.9. The van der Waals surface area contributed by atoms with E-state index in [1.165, 1.54) is 0 Å². The Hall–Kier alpha value is -0.870. The summed E-state index contributed by atoms with van der Waals surface area (Å²) in [6, 6.07) is 8.15. The Morgan fingerprint density at radius 2 is 2.10 bits per heavy atom. The quantitative estimate of drug-likeness (QED) is 0.892. The van der Waals surface area contributed by atoms with E-state index in [1.54, 1.807) is 0 Å². The Bertz CT molecular complexity index is 452. The number of hydrogen-bond acceptors (Lipinski definition) is 2. The number of nitrogens with zero attached hydrogens (tertiary/aromatic N) is 1. The van der Waals surface area contributed by atoms with Gasteiger partial charge in [-0.3, -0.25) is 4.79 Å². The second-order valence-corrected chi connectivity index (χ2v) is 6.57. The third-order valence-corrected chi connectivity index (χ3v) is 4.54. The smallest absolute Gasteiger partial charge is 0.242 e. The van der Waals surface area contributed by atoms with Gasteiger partial charge in [0.05, 0.1) is 5.54 Å². The van der Waals surface area contributed by atoms with Crippen LogP contribution in [0.25, 0.3) is 0 Å². The molecule has 1 atom stereocenters. The highest BCUT2D eigenvalue weighted by Crippen LogP contribution is 2.27. The van der Waals surface area contributed by atoms with Crippen LogP contribution >= 0.6 is 15.9 Å². The van der Waals surface area contributed by atoms with Crippen molar-refractivity contribution in [3.63, 3.8) is 0 Å². The number of carbonyl (C=O) groups is 1. The predicted molar refractivity (Wildman–Crippen MR) is 85.5 cm³/mol. The minimum absolute atomic E-state index is 0.236. The van der Waals surface area contributed by atoms with E-state index in [2.05, 4.69) is 40.3 Å². The lowest BCUT2D eigenvalue weighted by Gasteiger charge is -2.32. The zero-order chi connectivity index (χ0) is 14.6. The number of hydrogen-bond donors (Lipinski definition) is 1. The van der Waals surface area contributed by atoms with Gasteiger partial charge in [0.25, 0.3) is 0 Å². The first-order valence-electron chi connectivity index (χ1n) is 7.32. The van der Waals surface area contributed by atoms with E-state index in [4.69, 9.17) is 0 Å². The van der Waals surface area contributed by atoms with Crippen LogP contribution in [0.2, 0.25) is 0 Å². The average Bonchev–Trinajstić information content (AvgIpc) is 2.90. The van der Waals surface area contributed by atoms with Gasteiger partial charge in [0.15, 0.2) is 0 Å². The molecule has 0 aliphatic carbocycles. The van der Waals surface area contributed by atoms with Gasteiger partial charge in [0, 0.05) is 18.1 Å². The van der Waals surface area contributed by atoms with Crippen LogP contribution in [0.3, 0.4) is 0 Å². The minimum Gasteiger partial charge on any atom is -0.340 e. The first-order chi connectivity index (χ1) is 9.57. The fourth-order valence-corrected chi connectivity index (χ4v) is 3.30. The number of rotatable bonds is 5. The van der Waals surface area contributed by atoms with Gasteiger partial charge in [-0.25, -0.2) is 0 Å². The van der Waals surface area contributed by atoms with Crippen molar-refractivity contribution in [1.29, 1.82) is 0 Å². The van der Waals surface area contributed by atoms with E-state index >= 15 is 0 Å². The molecule has 1 saturated heterocycles. The van der Waals surface area contributed by atoms with Gasteiger partial charge in [-0.1, -0.05) is 41.4 Å². The van der Waals surface area contributed by atoms with Gasteiger partial charge in [-0.15, -0.1) is 0 Å². The van der Waals surface area contributed by atoms with Crippen molar-refractivity contribution in [3.8, 4) is 0 Å². The lowest BCUT2D eigenvalue weighted by Crippen LogP contribution is -2.53. The van der Waals surface area contributed by atoms with E-state index in [-0.39, 0.29) is 11.4 Å². The molecule has 0 aromatic heterocycles. The molecule has 0 bridgehead atoms. The summed E-state index contributed by atoms with van der Waals surface area (Å²) in [5.41, 5.74) is 0.840. The summed E-state index contributed by atoms with van der Waals surface area (Å²) >= 11 is 3.43. The molecule has 3 nitrogen and oxygen atoms in total. The number of amides is 1. The Balaban J connectivity index is 2.05. The molecular weight excluding hydrogens is 316 g/mol. The second-order valence-electron chi connectivity index (χ2n) is 5.65. The van der Waals surface area contributed by atoms with E-state index < -0.39 is 0 Å². The zero-order valence-corrected chi connectivity index (χ0v) is 13.9. The van der Waals surface area contributed by atoms with E-state index in [0.29, 0.717) is 6.54 Å². The van der Waals surface area contributed by atoms with Gasteiger partial charge in [-0.05, 0) is 43.5 Å². The van der Waals surface area contributed by atoms with Crippen LogP contribution in [0.15, 0.2) is 28.7 Å². The van der Waals surface area contributed by atoms with Crippen molar-refractivity contribution in [1.82, 2.24) is 10.2 Å². The summed E-state index contributed by atoms with van der Waals surface area (Å²) in [7, 11) is 1.90. The normalized spacial score (nSPS) is 21.9. The monoisotopic (exact) mass is 338 g/mol. The van der Waals surface area contributed by atoms with Crippen LogP contribution in [0.1, 0.15) is 38.2 Å². The van der Waals surface area contributed by atoms with Gasteiger partial charge in [0.1, 0.15) is 0 Å².